The molecular formula is C25H29ClN8O3. The van der Waals surface area contributed by atoms with Gasteiger partial charge in [-0.05, 0) is 12.5 Å². The Morgan fingerprint density at radius 2 is 2.05 bits per heavy atom. The summed E-state index contributed by atoms with van der Waals surface area (Å²) < 4.78 is 15.4. The number of ether oxygens (including phenoxy) is 2. The largest absolute Gasteiger partial charge is 0.437 e. The number of nitrogens with zero attached hydrogens (tertiary/aromatic N) is 6. The van der Waals surface area contributed by atoms with E-state index in [1.54, 1.807) is 18.3 Å². The van der Waals surface area contributed by atoms with Gasteiger partial charge in [0.05, 0.1) is 24.4 Å². The predicted octanol–water partition coefficient (Wildman–Crippen LogP) is 4.97. The van der Waals surface area contributed by atoms with Crippen LogP contribution in [0.2, 0.25) is 5.02 Å². The number of aryl methyl sites for hydroxylation is 1. The quantitative estimate of drug-likeness (QED) is 0.363. The summed E-state index contributed by atoms with van der Waals surface area (Å²) in [5.74, 6) is 2.05. The lowest BCUT2D eigenvalue weighted by Crippen LogP contribution is -2.22. The molecule has 4 aromatic rings. The molecule has 0 saturated carbocycles. The molecule has 1 fully saturated rings. The van der Waals surface area contributed by atoms with Gasteiger partial charge in [-0.2, -0.15) is 5.10 Å². The van der Waals surface area contributed by atoms with E-state index in [-0.39, 0.29) is 23.2 Å². The van der Waals surface area contributed by atoms with Crippen LogP contribution in [0, 0.1) is 0 Å². The maximum atomic E-state index is 11.3. The number of pyridine rings is 2. The lowest BCUT2D eigenvalue weighted by atomic mass is 9.91. The van der Waals surface area contributed by atoms with Crippen LogP contribution in [-0.2, 0) is 22.0 Å². The van der Waals surface area contributed by atoms with Crippen molar-refractivity contribution in [3.63, 3.8) is 0 Å². The Morgan fingerprint density at radius 3 is 2.76 bits per heavy atom. The molecule has 37 heavy (non-hydrogen) atoms. The van der Waals surface area contributed by atoms with Crippen molar-refractivity contribution >= 4 is 46.1 Å². The number of amides is 1. The summed E-state index contributed by atoms with van der Waals surface area (Å²) in [4.78, 5) is 24.5. The number of hydrogen-bond acceptors (Lipinski definition) is 8. The molecule has 0 spiro atoms. The fraction of sp³-hybridized carbons (Fsp3) is 0.400. The number of rotatable bonds is 6. The van der Waals surface area contributed by atoms with Crippen molar-refractivity contribution in [3.8, 4) is 11.6 Å². The molecule has 0 unspecified atom stereocenters. The summed E-state index contributed by atoms with van der Waals surface area (Å²) in [7, 11) is 1.86. The number of hydrogen-bond donors (Lipinski definition) is 2. The third kappa shape index (κ3) is 5.09. The van der Waals surface area contributed by atoms with Gasteiger partial charge >= 0.3 is 0 Å². The highest BCUT2D eigenvalue weighted by Gasteiger charge is 2.28. The monoisotopic (exact) mass is 524 g/mol. The van der Waals surface area contributed by atoms with Crippen LogP contribution in [0.3, 0.4) is 0 Å². The van der Waals surface area contributed by atoms with Gasteiger partial charge in [-0.3, -0.25) is 9.48 Å². The fourth-order valence-corrected chi connectivity index (χ4v) is 4.60. The zero-order valence-corrected chi connectivity index (χ0v) is 22.1. The molecule has 194 valence electrons. The van der Waals surface area contributed by atoms with E-state index >= 15 is 0 Å². The Balaban J connectivity index is 1.44. The maximum Gasteiger partial charge on any atom is 0.240 e. The van der Waals surface area contributed by atoms with Crippen LogP contribution in [0.5, 0.6) is 11.6 Å². The summed E-state index contributed by atoms with van der Waals surface area (Å²) >= 11 is 6.72. The van der Waals surface area contributed by atoms with Crippen molar-refractivity contribution in [3.05, 3.63) is 41.3 Å². The molecule has 4 aromatic heterocycles. The molecule has 12 heteroatoms. The molecule has 0 aromatic carbocycles. The Bertz CT molecular complexity index is 1470. The van der Waals surface area contributed by atoms with Crippen molar-refractivity contribution in [2.45, 2.75) is 45.6 Å². The third-order valence-electron chi connectivity index (χ3n) is 6.07. The summed E-state index contributed by atoms with van der Waals surface area (Å²) in [5, 5.41) is 11.1. The number of aromatic nitrogens is 6. The fourth-order valence-electron chi connectivity index (χ4n) is 4.29. The van der Waals surface area contributed by atoms with E-state index in [0.717, 1.165) is 18.7 Å². The van der Waals surface area contributed by atoms with E-state index in [9.17, 15) is 4.79 Å². The number of imidazole rings is 1. The van der Waals surface area contributed by atoms with Gasteiger partial charge in [-0.1, -0.05) is 32.4 Å². The summed E-state index contributed by atoms with van der Waals surface area (Å²) in [5.41, 5.74) is 2.30. The highest BCUT2D eigenvalue weighted by Crippen LogP contribution is 2.36. The number of carbonyl (C=O) groups is 1. The van der Waals surface area contributed by atoms with Crippen LogP contribution >= 0.6 is 11.6 Å². The SMILES string of the molecule is CC(=O)Nc1cc(Oc2ncc3nc(Nc4cc(C(C)(C)C)n([C@@H]5CCOC5)n4)n(C)c3c2Cl)ccn1. The van der Waals surface area contributed by atoms with Gasteiger partial charge in [0.25, 0.3) is 0 Å². The van der Waals surface area contributed by atoms with Gasteiger partial charge in [-0.15, -0.1) is 0 Å². The lowest BCUT2D eigenvalue weighted by molar-refractivity contribution is -0.114. The minimum atomic E-state index is -0.229. The lowest BCUT2D eigenvalue weighted by Gasteiger charge is -2.22. The van der Waals surface area contributed by atoms with Crippen molar-refractivity contribution < 1.29 is 14.3 Å². The number of carbonyl (C=O) groups excluding carboxylic acids is 1. The number of halogens is 1. The highest BCUT2D eigenvalue weighted by molar-refractivity contribution is 6.36. The zero-order valence-electron chi connectivity index (χ0n) is 21.4. The molecule has 1 aliphatic rings. The number of anilines is 3. The Morgan fingerprint density at radius 1 is 1.24 bits per heavy atom. The standard InChI is InChI=1S/C25H29ClN8O3/c1-14(35)29-19-10-16(6-8-27-19)37-23-21(26)22-17(12-28-23)30-24(33(22)5)31-20-11-18(25(2,3)4)34(32-20)15-7-9-36-13-15/h6,8,10-12,15H,7,9,13H2,1-5H3,(H,27,29,35)(H,30,31,32)/t15-/m1/s1. The van der Waals surface area contributed by atoms with Gasteiger partial charge in [0.15, 0.2) is 5.82 Å². The van der Waals surface area contributed by atoms with Gasteiger partial charge in [0.2, 0.25) is 17.7 Å². The molecule has 0 bridgehead atoms. The van der Waals surface area contributed by atoms with E-state index in [1.165, 1.54) is 13.1 Å². The molecule has 11 nitrogen and oxygen atoms in total. The van der Waals surface area contributed by atoms with Crippen LogP contribution in [0.15, 0.2) is 30.6 Å². The smallest absolute Gasteiger partial charge is 0.240 e. The normalized spacial score (nSPS) is 15.8. The molecule has 0 aliphatic carbocycles. The Labute approximate surface area is 219 Å². The van der Waals surface area contributed by atoms with Crippen molar-refractivity contribution in [2.75, 3.05) is 23.8 Å². The van der Waals surface area contributed by atoms with Crippen molar-refractivity contribution in [1.82, 2.24) is 29.3 Å². The highest BCUT2D eigenvalue weighted by atomic mass is 35.5. The molecule has 1 aliphatic heterocycles. The summed E-state index contributed by atoms with van der Waals surface area (Å²) in [6, 6.07) is 5.52. The van der Waals surface area contributed by atoms with Gasteiger partial charge in [0, 0.05) is 50.0 Å². The van der Waals surface area contributed by atoms with E-state index in [4.69, 9.17) is 26.2 Å². The third-order valence-corrected chi connectivity index (χ3v) is 6.41. The molecule has 5 rings (SSSR count). The maximum absolute atomic E-state index is 11.3. The average molecular weight is 525 g/mol. The van der Waals surface area contributed by atoms with Crippen LogP contribution < -0.4 is 15.4 Å². The van der Waals surface area contributed by atoms with Crippen LogP contribution in [0.4, 0.5) is 17.6 Å². The van der Waals surface area contributed by atoms with Gasteiger partial charge in [-0.25, -0.2) is 15.0 Å². The zero-order chi connectivity index (χ0) is 26.3. The molecule has 0 radical (unpaired) electrons. The van der Waals surface area contributed by atoms with Crippen LogP contribution in [0.25, 0.3) is 11.0 Å². The Kier molecular flexibility index (Phi) is 6.50. The van der Waals surface area contributed by atoms with Crippen LogP contribution in [-0.4, -0.2) is 48.4 Å². The van der Waals surface area contributed by atoms with Gasteiger partial charge in [0.1, 0.15) is 22.1 Å². The van der Waals surface area contributed by atoms with Gasteiger partial charge < -0.3 is 24.7 Å². The molecule has 1 atom stereocenters. The second-order valence-corrected chi connectivity index (χ2v) is 10.4. The minimum absolute atomic E-state index is 0.0892. The van der Waals surface area contributed by atoms with Crippen molar-refractivity contribution in [1.29, 1.82) is 0 Å². The number of nitrogens with one attached hydrogen (secondary N) is 2. The van der Waals surface area contributed by atoms with E-state index in [2.05, 4.69) is 57.1 Å². The Hall–Kier alpha value is -3.70. The molecule has 2 N–H and O–H groups in total. The number of fused-ring (bicyclic) bond motifs is 1. The molecule has 1 amide bonds. The van der Waals surface area contributed by atoms with E-state index < -0.39 is 0 Å². The first-order chi connectivity index (χ1) is 17.6. The first-order valence-electron chi connectivity index (χ1n) is 12.0. The summed E-state index contributed by atoms with van der Waals surface area (Å²) in [6.45, 7) is 9.32. The molecule has 5 heterocycles. The van der Waals surface area contributed by atoms with Crippen LogP contribution in [0.1, 0.15) is 45.9 Å². The van der Waals surface area contributed by atoms with Crippen molar-refractivity contribution in [2.24, 2.45) is 7.05 Å². The average Bonchev–Trinajstić information content (AvgIpc) is 3.55. The first-order valence-corrected chi connectivity index (χ1v) is 12.3. The second-order valence-electron chi connectivity index (χ2n) is 10.0. The summed E-state index contributed by atoms with van der Waals surface area (Å²) in [6.07, 6.45) is 4.07. The first kappa shape index (κ1) is 25.0. The van der Waals surface area contributed by atoms with E-state index in [1.807, 2.05) is 11.6 Å². The predicted molar refractivity (Wildman–Crippen MR) is 141 cm³/mol. The molecular weight excluding hydrogens is 496 g/mol. The minimum Gasteiger partial charge on any atom is -0.437 e. The topological polar surface area (TPSA) is 121 Å². The van der Waals surface area contributed by atoms with E-state index in [0.29, 0.717) is 46.0 Å². The molecule has 1 saturated heterocycles. The second kappa shape index (κ2) is 9.64.